The molecule has 0 heterocycles. The molecule has 3 N–H and O–H groups in total. The molecule has 0 unspecified atom stereocenters. The summed E-state index contributed by atoms with van der Waals surface area (Å²) in [6, 6.07) is 10.5. The molecule has 0 aliphatic carbocycles. The number of amides is 1. The van der Waals surface area contributed by atoms with Crippen molar-refractivity contribution in [3.05, 3.63) is 53.1 Å². The third-order valence-electron chi connectivity index (χ3n) is 3.61. The maximum absolute atomic E-state index is 12.7. The Bertz CT molecular complexity index is 978. The minimum absolute atomic E-state index is 0.0817. The fraction of sp³-hybridized carbons (Fsp3) is 0.222. The highest BCUT2D eigenvalue weighted by atomic mass is 32.2. The lowest BCUT2D eigenvalue weighted by molar-refractivity contribution is 0.100. The predicted octanol–water partition coefficient (Wildman–Crippen LogP) is 2.56. The van der Waals surface area contributed by atoms with E-state index in [0.29, 0.717) is 17.9 Å². The molecule has 0 saturated carbocycles. The molecule has 0 saturated heterocycles. The summed E-state index contributed by atoms with van der Waals surface area (Å²) >= 11 is 0. The van der Waals surface area contributed by atoms with Gasteiger partial charge in [-0.05, 0) is 49.2 Å². The highest BCUT2D eigenvalue weighted by molar-refractivity contribution is 7.92. The zero-order valence-corrected chi connectivity index (χ0v) is 15.3. The van der Waals surface area contributed by atoms with Crippen molar-refractivity contribution in [3.8, 4) is 11.8 Å². The van der Waals surface area contributed by atoms with Crippen molar-refractivity contribution in [2.24, 2.45) is 5.73 Å². The molecular weight excluding hydrogens is 354 g/mol. The van der Waals surface area contributed by atoms with E-state index in [9.17, 15) is 18.5 Å². The van der Waals surface area contributed by atoms with Crippen molar-refractivity contribution < 1.29 is 17.9 Å². The van der Waals surface area contributed by atoms with Crippen LogP contribution in [0.3, 0.4) is 0 Å². The smallest absolute Gasteiger partial charge is 0.261 e. The molecule has 8 heteroatoms. The SMILES string of the molecule is CCCOc1ccc(S(=O)(=O)Nc2cc(C(N)=O)ccc2C)cc1C#N. The number of ether oxygens (including phenoxy) is 1. The van der Waals surface area contributed by atoms with Gasteiger partial charge < -0.3 is 10.5 Å². The van der Waals surface area contributed by atoms with Gasteiger partial charge in [-0.15, -0.1) is 0 Å². The second-order valence-electron chi connectivity index (χ2n) is 5.62. The number of benzene rings is 2. The lowest BCUT2D eigenvalue weighted by Crippen LogP contribution is -2.16. The van der Waals surface area contributed by atoms with Gasteiger partial charge in [-0.3, -0.25) is 9.52 Å². The third-order valence-corrected chi connectivity index (χ3v) is 4.97. The molecule has 2 aromatic carbocycles. The topological polar surface area (TPSA) is 122 Å². The van der Waals surface area contributed by atoms with Crippen molar-refractivity contribution >= 4 is 21.6 Å². The van der Waals surface area contributed by atoms with Crippen LogP contribution in [0.25, 0.3) is 0 Å². The summed E-state index contributed by atoms with van der Waals surface area (Å²) in [6.45, 7) is 4.06. The lowest BCUT2D eigenvalue weighted by atomic mass is 10.1. The first kappa shape index (κ1) is 19.3. The summed E-state index contributed by atoms with van der Waals surface area (Å²) in [6.07, 6.45) is 0.766. The largest absolute Gasteiger partial charge is 0.492 e. The van der Waals surface area contributed by atoms with Crippen molar-refractivity contribution in [2.45, 2.75) is 25.2 Å². The van der Waals surface area contributed by atoms with Crippen LogP contribution in [0.4, 0.5) is 5.69 Å². The number of aryl methyl sites for hydroxylation is 1. The molecule has 26 heavy (non-hydrogen) atoms. The number of hydrogen-bond acceptors (Lipinski definition) is 5. The molecule has 0 spiro atoms. The van der Waals surface area contributed by atoms with Gasteiger partial charge >= 0.3 is 0 Å². The second kappa shape index (κ2) is 7.89. The van der Waals surface area contributed by atoms with Crippen molar-refractivity contribution in [3.63, 3.8) is 0 Å². The number of sulfonamides is 1. The molecule has 7 nitrogen and oxygen atoms in total. The van der Waals surface area contributed by atoms with Gasteiger partial charge in [0.15, 0.2) is 0 Å². The first-order chi connectivity index (χ1) is 12.3. The Morgan fingerprint density at radius 3 is 2.62 bits per heavy atom. The van der Waals surface area contributed by atoms with Crippen LogP contribution in [0.1, 0.15) is 34.8 Å². The number of nitrogens with two attached hydrogens (primary N) is 1. The Kier molecular flexibility index (Phi) is 5.85. The van der Waals surface area contributed by atoms with Gasteiger partial charge in [-0.1, -0.05) is 13.0 Å². The predicted molar refractivity (Wildman–Crippen MR) is 97.4 cm³/mol. The van der Waals surface area contributed by atoms with Crippen LogP contribution in [-0.2, 0) is 10.0 Å². The standard InChI is InChI=1S/C18H19N3O4S/c1-3-8-25-17-7-6-15(9-14(17)11-19)26(23,24)21-16-10-13(18(20)22)5-4-12(16)2/h4-7,9-10,21H,3,8H2,1-2H3,(H2,20,22). The number of primary amides is 1. The number of nitrogens with zero attached hydrogens (tertiary/aromatic N) is 1. The molecule has 0 radical (unpaired) electrons. The van der Waals surface area contributed by atoms with Crippen LogP contribution >= 0.6 is 0 Å². The molecule has 1 amide bonds. The van der Waals surface area contributed by atoms with E-state index < -0.39 is 15.9 Å². The number of nitrogens with one attached hydrogen (secondary N) is 1. The van der Waals surface area contributed by atoms with Crippen LogP contribution < -0.4 is 15.2 Å². The summed E-state index contributed by atoms with van der Waals surface area (Å²) in [5.41, 5.74) is 6.42. The summed E-state index contributed by atoms with van der Waals surface area (Å²) in [4.78, 5) is 11.2. The van der Waals surface area contributed by atoms with Gasteiger partial charge in [-0.25, -0.2) is 8.42 Å². The summed E-state index contributed by atoms with van der Waals surface area (Å²) in [5, 5.41) is 9.24. The maximum Gasteiger partial charge on any atom is 0.261 e. The molecule has 0 aliphatic heterocycles. The maximum atomic E-state index is 12.7. The fourth-order valence-corrected chi connectivity index (χ4v) is 3.34. The van der Waals surface area contributed by atoms with Gasteiger partial charge in [0.1, 0.15) is 11.8 Å². The minimum atomic E-state index is -3.96. The highest BCUT2D eigenvalue weighted by Gasteiger charge is 2.18. The molecule has 2 aromatic rings. The second-order valence-corrected chi connectivity index (χ2v) is 7.30. The Labute approximate surface area is 152 Å². The van der Waals surface area contributed by atoms with E-state index in [-0.39, 0.29) is 21.7 Å². The first-order valence-corrected chi connectivity index (χ1v) is 9.37. The zero-order chi connectivity index (χ0) is 19.3. The summed E-state index contributed by atoms with van der Waals surface area (Å²) in [5.74, 6) is -0.324. The number of nitriles is 1. The highest BCUT2D eigenvalue weighted by Crippen LogP contribution is 2.25. The molecule has 2 rings (SSSR count). The average Bonchev–Trinajstić information content (AvgIpc) is 2.61. The molecule has 136 valence electrons. The van der Waals surface area contributed by atoms with Crippen LogP contribution in [-0.4, -0.2) is 20.9 Å². The minimum Gasteiger partial charge on any atom is -0.492 e. The van der Waals surface area contributed by atoms with Crippen LogP contribution in [0.2, 0.25) is 0 Å². The number of carbonyl (C=O) groups excluding carboxylic acids is 1. The number of hydrogen-bond donors (Lipinski definition) is 2. The molecule has 0 aliphatic rings. The fourth-order valence-electron chi connectivity index (χ4n) is 2.19. The van der Waals surface area contributed by atoms with Crippen molar-refractivity contribution in [2.75, 3.05) is 11.3 Å². The lowest BCUT2D eigenvalue weighted by Gasteiger charge is -2.13. The summed E-state index contributed by atoms with van der Waals surface area (Å²) < 4.78 is 33.2. The molecule has 0 aromatic heterocycles. The van der Waals surface area contributed by atoms with Gasteiger partial charge in [0, 0.05) is 5.56 Å². The van der Waals surface area contributed by atoms with E-state index in [1.54, 1.807) is 13.0 Å². The third kappa shape index (κ3) is 4.32. The van der Waals surface area contributed by atoms with Crippen LogP contribution in [0, 0.1) is 18.3 Å². The normalized spacial score (nSPS) is 10.8. The Morgan fingerprint density at radius 2 is 2.00 bits per heavy atom. The monoisotopic (exact) mass is 373 g/mol. The van der Waals surface area contributed by atoms with E-state index in [0.717, 1.165) is 6.42 Å². The number of carbonyl (C=O) groups is 1. The van der Waals surface area contributed by atoms with Crippen molar-refractivity contribution in [1.29, 1.82) is 5.26 Å². The van der Waals surface area contributed by atoms with Gasteiger partial charge in [0.05, 0.1) is 22.8 Å². The number of rotatable bonds is 7. The van der Waals surface area contributed by atoms with Gasteiger partial charge in [0.2, 0.25) is 5.91 Å². The van der Waals surface area contributed by atoms with E-state index >= 15 is 0 Å². The van der Waals surface area contributed by atoms with E-state index in [4.69, 9.17) is 10.5 Å². The number of anilines is 1. The van der Waals surface area contributed by atoms with E-state index in [1.165, 1.54) is 30.3 Å². The van der Waals surface area contributed by atoms with Gasteiger partial charge in [0.25, 0.3) is 10.0 Å². The summed E-state index contributed by atoms with van der Waals surface area (Å²) in [7, 11) is -3.96. The van der Waals surface area contributed by atoms with Gasteiger partial charge in [-0.2, -0.15) is 5.26 Å². The molecule has 0 atom stereocenters. The Morgan fingerprint density at radius 1 is 1.27 bits per heavy atom. The van der Waals surface area contributed by atoms with Crippen LogP contribution in [0.15, 0.2) is 41.3 Å². The van der Waals surface area contributed by atoms with Crippen LogP contribution in [0.5, 0.6) is 5.75 Å². The van der Waals surface area contributed by atoms with Crippen molar-refractivity contribution in [1.82, 2.24) is 0 Å². The first-order valence-electron chi connectivity index (χ1n) is 7.88. The Balaban J connectivity index is 2.38. The molecular formula is C18H19N3O4S. The average molecular weight is 373 g/mol. The Hall–Kier alpha value is -3.05. The van der Waals surface area contributed by atoms with E-state index in [2.05, 4.69) is 4.72 Å². The quantitative estimate of drug-likeness (QED) is 0.772. The molecule has 0 bridgehead atoms. The molecule has 0 fully saturated rings. The zero-order valence-electron chi connectivity index (χ0n) is 14.4. The van der Waals surface area contributed by atoms with E-state index in [1.807, 2.05) is 13.0 Å².